The molecule has 0 bridgehead atoms. The van der Waals surface area contributed by atoms with Gasteiger partial charge in [0.05, 0.1) is 5.71 Å². The third kappa shape index (κ3) is 3.61. The lowest BCUT2D eigenvalue weighted by atomic mass is 9.88. The summed E-state index contributed by atoms with van der Waals surface area (Å²) in [5.41, 5.74) is 6.68. The Morgan fingerprint density at radius 2 is 2.21 bits per heavy atom. The van der Waals surface area contributed by atoms with Gasteiger partial charge in [-0.25, -0.2) is 0 Å². The molecule has 1 heterocycles. The molecule has 86 valence electrons. The summed E-state index contributed by atoms with van der Waals surface area (Å²) < 4.78 is 0. The second-order valence-electron chi connectivity index (χ2n) is 3.32. The highest BCUT2D eigenvalue weighted by atomic mass is 35.5. The Morgan fingerprint density at radius 1 is 1.57 bits per heavy atom. The summed E-state index contributed by atoms with van der Waals surface area (Å²) in [7, 11) is 0. The Balaban J connectivity index is 0. The number of nitrogens with two attached hydrogens (primary N) is 1. The SMILES string of the molecule is CCON=C1CNCC1(C)CN.Cl.Cl. The van der Waals surface area contributed by atoms with Crippen LogP contribution in [0.5, 0.6) is 0 Å². The first-order valence-electron chi connectivity index (χ1n) is 4.33. The minimum absolute atomic E-state index is 0. The number of oxime groups is 1. The standard InChI is InChI=1S/C8H17N3O.2ClH/c1-3-12-11-7-4-10-6-8(7,2)5-9;;/h10H,3-6,9H2,1-2H3;2*1H. The van der Waals surface area contributed by atoms with Crippen LogP contribution in [-0.4, -0.2) is 32.0 Å². The molecule has 14 heavy (non-hydrogen) atoms. The van der Waals surface area contributed by atoms with Gasteiger partial charge in [0.1, 0.15) is 6.61 Å². The molecular weight excluding hydrogens is 225 g/mol. The lowest BCUT2D eigenvalue weighted by Crippen LogP contribution is -2.35. The van der Waals surface area contributed by atoms with E-state index in [0.717, 1.165) is 18.8 Å². The van der Waals surface area contributed by atoms with Crippen LogP contribution in [0.3, 0.4) is 0 Å². The highest BCUT2D eigenvalue weighted by Crippen LogP contribution is 2.20. The molecule has 0 aromatic rings. The summed E-state index contributed by atoms with van der Waals surface area (Å²) in [6.07, 6.45) is 0. The van der Waals surface area contributed by atoms with Crippen molar-refractivity contribution in [2.24, 2.45) is 16.3 Å². The van der Waals surface area contributed by atoms with E-state index < -0.39 is 0 Å². The lowest BCUT2D eigenvalue weighted by molar-refractivity contribution is 0.155. The highest BCUT2D eigenvalue weighted by molar-refractivity contribution is 5.93. The number of halogens is 2. The molecule has 0 aromatic heterocycles. The van der Waals surface area contributed by atoms with Crippen LogP contribution in [0.1, 0.15) is 13.8 Å². The van der Waals surface area contributed by atoms with E-state index >= 15 is 0 Å². The predicted molar refractivity (Wildman–Crippen MR) is 63.6 cm³/mol. The molecule has 0 aliphatic carbocycles. The van der Waals surface area contributed by atoms with Gasteiger partial charge in [-0.2, -0.15) is 0 Å². The molecule has 6 heteroatoms. The minimum Gasteiger partial charge on any atom is -0.396 e. The van der Waals surface area contributed by atoms with Crippen LogP contribution in [0.15, 0.2) is 5.16 Å². The van der Waals surface area contributed by atoms with Gasteiger partial charge in [0.15, 0.2) is 0 Å². The first-order chi connectivity index (χ1) is 5.73. The molecule has 0 aromatic carbocycles. The summed E-state index contributed by atoms with van der Waals surface area (Å²) in [4.78, 5) is 5.01. The van der Waals surface area contributed by atoms with Gasteiger partial charge in [-0.3, -0.25) is 0 Å². The lowest BCUT2D eigenvalue weighted by Gasteiger charge is -2.20. The normalized spacial score (nSPS) is 28.1. The molecule has 0 saturated carbocycles. The molecule has 0 amide bonds. The first-order valence-corrected chi connectivity index (χ1v) is 4.33. The van der Waals surface area contributed by atoms with Gasteiger partial charge in [-0.05, 0) is 6.92 Å². The van der Waals surface area contributed by atoms with Gasteiger partial charge in [-0.15, -0.1) is 24.8 Å². The maximum Gasteiger partial charge on any atom is 0.114 e. The molecule has 1 atom stereocenters. The monoisotopic (exact) mass is 243 g/mol. The molecule has 3 N–H and O–H groups in total. The molecule has 4 nitrogen and oxygen atoms in total. The zero-order valence-electron chi connectivity index (χ0n) is 8.58. The van der Waals surface area contributed by atoms with Gasteiger partial charge in [0.25, 0.3) is 0 Å². The van der Waals surface area contributed by atoms with Crippen molar-refractivity contribution >= 4 is 30.5 Å². The fraction of sp³-hybridized carbons (Fsp3) is 0.875. The average Bonchev–Trinajstić information content (AvgIpc) is 2.45. The molecule has 1 fully saturated rings. The summed E-state index contributed by atoms with van der Waals surface area (Å²) in [5, 5.41) is 7.27. The van der Waals surface area contributed by atoms with Crippen LogP contribution < -0.4 is 11.1 Å². The zero-order valence-corrected chi connectivity index (χ0v) is 10.2. The maximum atomic E-state index is 5.65. The Bertz CT molecular complexity index is 189. The fourth-order valence-electron chi connectivity index (χ4n) is 1.25. The largest absolute Gasteiger partial charge is 0.396 e. The molecular formula is C8H19Cl2N3O. The third-order valence-corrected chi connectivity index (χ3v) is 2.26. The highest BCUT2D eigenvalue weighted by Gasteiger charge is 2.34. The Hall–Kier alpha value is -0.0300. The van der Waals surface area contributed by atoms with Gasteiger partial charge in [0, 0.05) is 25.0 Å². The average molecular weight is 244 g/mol. The van der Waals surface area contributed by atoms with Crippen molar-refractivity contribution in [3.8, 4) is 0 Å². The van der Waals surface area contributed by atoms with Crippen molar-refractivity contribution in [2.45, 2.75) is 13.8 Å². The van der Waals surface area contributed by atoms with E-state index in [-0.39, 0.29) is 30.2 Å². The number of hydrogen-bond acceptors (Lipinski definition) is 4. The Morgan fingerprint density at radius 3 is 2.71 bits per heavy atom. The van der Waals surface area contributed by atoms with E-state index in [4.69, 9.17) is 10.6 Å². The van der Waals surface area contributed by atoms with Crippen molar-refractivity contribution < 1.29 is 4.84 Å². The molecule has 0 radical (unpaired) electrons. The molecule has 1 rings (SSSR count). The van der Waals surface area contributed by atoms with E-state index in [0.29, 0.717) is 13.2 Å². The molecule has 1 aliphatic rings. The molecule has 1 aliphatic heterocycles. The summed E-state index contributed by atoms with van der Waals surface area (Å²) in [6.45, 7) is 6.95. The van der Waals surface area contributed by atoms with Gasteiger partial charge < -0.3 is 15.9 Å². The molecule has 1 unspecified atom stereocenters. The van der Waals surface area contributed by atoms with Crippen LogP contribution in [0.25, 0.3) is 0 Å². The summed E-state index contributed by atoms with van der Waals surface area (Å²) in [5.74, 6) is 0. The van der Waals surface area contributed by atoms with Crippen molar-refractivity contribution in [3.05, 3.63) is 0 Å². The third-order valence-electron chi connectivity index (χ3n) is 2.26. The van der Waals surface area contributed by atoms with Crippen LogP contribution in [0.4, 0.5) is 0 Å². The fourth-order valence-corrected chi connectivity index (χ4v) is 1.25. The molecule has 0 spiro atoms. The number of nitrogens with zero attached hydrogens (tertiary/aromatic N) is 1. The van der Waals surface area contributed by atoms with Crippen molar-refractivity contribution in [2.75, 3.05) is 26.2 Å². The second kappa shape index (κ2) is 7.29. The van der Waals surface area contributed by atoms with Crippen LogP contribution in [-0.2, 0) is 4.84 Å². The first kappa shape index (κ1) is 16.4. The maximum absolute atomic E-state index is 5.65. The summed E-state index contributed by atoms with van der Waals surface area (Å²) in [6, 6.07) is 0. The van der Waals surface area contributed by atoms with Gasteiger partial charge in [0.2, 0.25) is 0 Å². The summed E-state index contributed by atoms with van der Waals surface area (Å²) >= 11 is 0. The van der Waals surface area contributed by atoms with Crippen LogP contribution >= 0.6 is 24.8 Å². The molecule has 1 saturated heterocycles. The van der Waals surface area contributed by atoms with Crippen LogP contribution in [0.2, 0.25) is 0 Å². The second-order valence-corrected chi connectivity index (χ2v) is 3.32. The Labute approximate surface area is 97.4 Å². The number of hydrogen-bond donors (Lipinski definition) is 2. The van der Waals surface area contributed by atoms with E-state index in [1.807, 2.05) is 6.92 Å². The van der Waals surface area contributed by atoms with Crippen molar-refractivity contribution in [1.82, 2.24) is 5.32 Å². The minimum atomic E-state index is -0.00479. The number of rotatable bonds is 3. The Kier molecular flexibility index (Phi) is 8.54. The van der Waals surface area contributed by atoms with E-state index in [9.17, 15) is 0 Å². The topological polar surface area (TPSA) is 59.6 Å². The van der Waals surface area contributed by atoms with Gasteiger partial charge in [-0.1, -0.05) is 12.1 Å². The van der Waals surface area contributed by atoms with E-state index in [1.54, 1.807) is 0 Å². The van der Waals surface area contributed by atoms with E-state index in [2.05, 4.69) is 17.4 Å². The predicted octanol–water partition coefficient (Wildman–Crippen LogP) is 0.791. The van der Waals surface area contributed by atoms with Gasteiger partial charge >= 0.3 is 0 Å². The smallest absolute Gasteiger partial charge is 0.114 e. The van der Waals surface area contributed by atoms with Crippen molar-refractivity contribution in [3.63, 3.8) is 0 Å². The quantitative estimate of drug-likeness (QED) is 0.721. The van der Waals surface area contributed by atoms with Crippen molar-refractivity contribution in [1.29, 1.82) is 0 Å². The van der Waals surface area contributed by atoms with Crippen LogP contribution in [0, 0.1) is 5.41 Å². The zero-order chi connectivity index (χ0) is 9.03. The van der Waals surface area contributed by atoms with E-state index in [1.165, 1.54) is 0 Å². The number of nitrogens with one attached hydrogen (secondary N) is 1.